The Bertz CT molecular complexity index is 1180. The molecule has 0 aliphatic rings. The monoisotopic (exact) mass is 349 g/mol. The van der Waals surface area contributed by atoms with Crippen molar-refractivity contribution in [1.29, 1.82) is 0 Å². The zero-order chi connectivity index (χ0) is 17.4. The largest absolute Gasteiger partial charge is 0.497 e. The molecule has 2 heterocycles. The molecule has 0 spiro atoms. The molecule has 2 aromatic heterocycles. The number of aryl methyl sites for hydroxylation is 1. The van der Waals surface area contributed by atoms with E-state index in [2.05, 4.69) is 10.1 Å². The Kier molecular flexibility index (Phi) is 3.82. The van der Waals surface area contributed by atoms with Crippen LogP contribution in [0.4, 0.5) is 0 Å². The first-order valence-corrected chi connectivity index (χ1v) is 8.59. The van der Waals surface area contributed by atoms with E-state index < -0.39 is 0 Å². The first kappa shape index (κ1) is 15.5. The second-order valence-electron chi connectivity index (χ2n) is 5.64. The van der Waals surface area contributed by atoms with Crippen molar-refractivity contribution in [3.8, 4) is 17.1 Å². The lowest BCUT2D eigenvalue weighted by Gasteiger charge is -1.99. The maximum absolute atomic E-state index is 12.6. The summed E-state index contributed by atoms with van der Waals surface area (Å²) in [6.45, 7) is 2.00. The number of rotatable bonds is 3. The zero-order valence-corrected chi connectivity index (χ0v) is 14.6. The Hall–Kier alpha value is -2.99. The van der Waals surface area contributed by atoms with Crippen LogP contribution >= 0.6 is 11.3 Å². The highest BCUT2D eigenvalue weighted by Crippen LogP contribution is 2.20. The minimum atomic E-state index is -0.157. The highest BCUT2D eigenvalue weighted by molar-refractivity contribution is 7.15. The summed E-state index contributed by atoms with van der Waals surface area (Å²) in [6, 6.07) is 15.4. The summed E-state index contributed by atoms with van der Waals surface area (Å²) < 4.78 is 7.19. The Morgan fingerprint density at radius 3 is 2.76 bits per heavy atom. The van der Waals surface area contributed by atoms with Crippen LogP contribution in [0.2, 0.25) is 0 Å². The molecular formula is C19H15N3O2S. The molecule has 0 amide bonds. The van der Waals surface area contributed by atoms with E-state index in [9.17, 15) is 4.79 Å². The SMILES string of the molecule is COc1cccc(C=c2sc3nc(-c4ccccc4C)nn3c2=O)c1. The van der Waals surface area contributed by atoms with Gasteiger partial charge < -0.3 is 4.74 Å². The van der Waals surface area contributed by atoms with Crippen LogP contribution in [0, 0.1) is 6.92 Å². The summed E-state index contributed by atoms with van der Waals surface area (Å²) in [4.78, 5) is 17.7. The molecular weight excluding hydrogens is 334 g/mol. The third kappa shape index (κ3) is 2.81. The lowest BCUT2D eigenvalue weighted by Crippen LogP contribution is -2.23. The van der Waals surface area contributed by atoms with Gasteiger partial charge in [-0.25, -0.2) is 0 Å². The molecule has 6 heteroatoms. The Morgan fingerprint density at radius 1 is 1.16 bits per heavy atom. The summed E-state index contributed by atoms with van der Waals surface area (Å²) >= 11 is 1.33. The van der Waals surface area contributed by atoms with Crippen molar-refractivity contribution in [3.63, 3.8) is 0 Å². The average Bonchev–Trinajstić information content (AvgIpc) is 3.15. The van der Waals surface area contributed by atoms with E-state index in [1.54, 1.807) is 7.11 Å². The molecule has 0 aliphatic carbocycles. The van der Waals surface area contributed by atoms with Gasteiger partial charge in [-0.05, 0) is 36.3 Å². The maximum atomic E-state index is 12.6. The Morgan fingerprint density at radius 2 is 2.00 bits per heavy atom. The maximum Gasteiger partial charge on any atom is 0.291 e. The third-order valence-electron chi connectivity index (χ3n) is 3.96. The van der Waals surface area contributed by atoms with Gasteiger partial charge in [-0.15, -0.1) is 5.10 Å². The van der Waals surface area contributed by atoms with Gasteiger partial charge >= 0.3 is 0 Å². The van der Waals surface area contributed by atoms with Crippen LogP contribution in [0.5, 0.6) is 5.75 Å². The van der Waals surface area contributed by atoms with E-state index in [4.69, 9.17) is 4.74 Å². The molecule has 0 aliphatic heterocycles. The van der Waals surface area contributed by atoms with Gasteiger partial charge in [0.2, 0.25) is 4.96 Å². The van der Waals surface area contributed by atoms with Crippen LogP contribution in [0.1, 0.15) is 11.1 Å². The Labute approximate surface area is 147 Å². The second kappa shape index (κ2) is 6.14. The summed E-state index contributed by atoms with van der Waals surface area (Å²) in [5.41, 5.74) is 2.77. The van der Waals surface area contributed by atoms with Crippen LogP contribution in [0.15, 0.2) is 53.3 Å². The topological polar surface area (TPSA) is 56.5 Å². The van der Waals surface area contributed by atoms with Crippen molar-refractivity contribution < 1.29 is 4.74 Å². The van der Waals surface area contributed by atoms with Gasteiger partial charge in [0, 0.05) is 5.56 Å². The fourth-order valence-electron chi connectivity index (χ4n) is 2.65. The van der Waals surface area contributed by atoms with Crippen molar-refractivity contribution >= 4 is 22.4 Å². The number of aromatic nitrogens is 3. The highest BCUT2D eigenvalue weighted by Gasteiger charge is 2.13. The molecule has 0 fully saturated rings. The third-order valence-corrected chi connectivity index (χ3v) is 4.92. The summed E-state index contributed by atoms with van der Waals surface area (Å²) in [5.74, 6) is 1.33. The van der Waals surface area contributed by atoms with Gasteiger partial charge in [0.1, 0.15) is 5.75 Å². The molecule has 0 N–H and O–H groups in total. The zero-order valence-electron chi connectivity index (χ0n) is 13.8. The number of hydrogen-bond acceptors (Lipinski definition) is 5. The van der Waals surface area contributed by atoms with E-state index in [-0.39, 0.29) is 5.56 Å². The van der Waals surface area contributed by atoms with Gasteiger partial charge in [-0.2, -0.15) is 9.50 Å². The van der Waals surface area contributed by atoms with Crippen LogP contribution in [0.3, 0.4) is 0 Å². The van der Waals surface area contributed by atoms with Gasteiger partial charge in [-0.3, -0.25) is 4.79 Å². The summed E-state index contributed by atoms with van der Waals surface area (Å²) in [7, 11) is 1.62. The molecule has 0 bridgehead atoms. The second-order valence-corrected chi connectivity index (χ2v) is 6.65. The standard InChI is InChI=1S/C19H15N3O2S/c1-12-6-3-4-9-15(12)17-20-19-22(21-17)18(23)16(25-19)11-13-7-5-8-14(10-13)24-2/h3-11H,1-2H3. The van der Waals surface area contributed by atoms with Gasteiger partial charge in [0.25, 0.3) is 5.56 Å². The molecule has 5 nitrogen and oxygen atoms in total. The van der Waals surface area contributed by atoms with Crippen LogP contribution in [-0.4, -0.2) is 21.7 Å². The predicted molar refractivity (Wildman–Crippen MR) is 99.1 cm³/mol. The molecule has 0 unspecified atom stereocenters. The number of ether oxygens (including phenoxy) is 1. The number of nitrogens with zero attached hydrogens (tertiary/aromatic N) is 3. The van der Waals surface area contributed by atoms with E-state index in [1.807, 2.05) is 61.5 Å². The van der Waals surface area contributed by atoms with Crippen LogP contribution in [-0.2, 0) is 0 Å². The van der Waals surface area contributed by atoms with Crippen molar-refractivity contribution in [2.75, 3.05) is 7.11 Å². The molecule has 0 radical (unpaired) electrons. The predicted octanol–water partition coefficient (Wildman–Crippen LogP) is 2.68. The van der Waals surface area contributed by atoms with Gasteiger partial charge in [0.15, 0.2) is 5.82 Å². The summed E-state index contributed by atoms with van der Waals surface area (Å²) in [5, 5.41) is 4.40. The molecule has 2 aromatic carbocycles. The molecule has 25 heavy (non-hydrogen) atoms. The first-order chi connectivity index (χ1) is 12.2. The minimum absolute atomic E-state index is 0.157. The van der Waals surface area contributed by atoms with Crippen molar-refractivity contribution in [3.05, 3.63) is 74.5 Å². The van der Waals surface area contributed by atoms with Gasteiger partial charge in [0.05, 0.1) is 11.6 Å². The molecule has 4 rings (SSSR count). The molecule has 0 saturated carbocycles. The van der Waals surface area contributed by atoms with Gasteiger partial charge in [-0.1, -0.05) is 47.7 Å². The molecule has 124 valence electrons. The van der Waals surface area contributed by atoms with Crippen LogP contribution < -0.4 is 14.8 Å². The average molecular weight is 349 g/mol. The fraction of sp³-hybridized carbons (Fsp3) is 0.105. The quantitative estimate of drug-likeness (QED) is 0.571. The van der Waals surface area contributed by atoms with Crippen molar-refractivity contribution in [2.45, 2.75) is 6.92 Å². The molecule has 4 aromatic rings. The normalized spacial score (nSPS) is 12.0. The van der Waals surface area contributed by atoms with Crippen molar-refractivity contribution in [1.82, 2.24) is 14.6 Å². The smallest absolute Gasteiger partial charge is 0.291 e. The fourth-order valence-corrected chi connectivity index (χ4v) is 3.56. The van der Waals surface area contributed by atoms with E-state index in [1.165, 1.54) is 15.9 Å². The molecule has 0 saturated heterocycles. The highest BCUT2D eigenvalue weighted by atomic mass is 32.1. The number of thiazole rings is 1. The van der Waals surface area contributed by atoms with Crippen molar-refractivity contribution in [2.24, 2.45) is 0 Å². The Balaban J connectivity index is 1.82. The number of fused-ring (bicyclic) bond motifs is 1. The number of methoxy groups -OCH3 is 1. The summed E-state index contributed by atoms with van der Waals surface area (Å²) in [6.07, 6.45) is 1.83. The number of benzene rings is 2. The minimum Gasteiger partial charge on any atom is -0.497 e. The van der Waals surface area contributed by atoms with Crippen LogP contribution in [0.25, 0.3) is 22.4 Å². The first-order valence-electron chi connectivity index (χ1n) is 7.77. The lowest BCUT2D eigenvalue weighted by molar-refractivity contribution is 0.414. The van der Waals surface area contributed by atoms with E-state index in [0.717, 1.165) is 22.4 Å². The molecule has 0 atom stereocenters. The lowest BCUT2D eigenvalue weighted by atomic mass is 10.1. The van der Waals surface area contributed by atoms with E-state index in [0.29, 0.717) is 15.3 Å². The van der Waals surface area contributed by atoms with E-state index >= 15 is 0 Å². The number of hydrogen-bond donors (Lipinski definition) is 0.